The Morgan fingerprint density at radius 3 is 1.89 bits per heavy atom. The Hall–Kier alpha value is -0.0400. The van der Waals surface area contributed by atoms with E-state index in [2.05, 4.69) is 0 Å². The van der Waals surface area contributed by atoms with Crippen molar-refractivity contribution in [2.24, 2.45) is 40.7 Å². The van der Waals surface area contributed by atoms with Crippen molar-refractivity contribution in [2.75, 3.05) is 6.54 Å². The van der Waals surface area contributed by atoms with Crippen LogP contribution in [0.15, 0.2) is 0 Å². The van der Waals surface area contributed by atoms with Crippen LogP contribution in [0.1, 0.15) is 70.6 Å². The Morgan fingerprint density at radius 2 is 1.37 bits per heavy atom. The first kappa shape index (κ1) is 12.7. The summed E-state index contributed by atoms with van der Waals surface area (Å²) in [6.45, 7) is 0.933. The minimum absolute atomic E-state index is 0.676. The Kier molecular flexibility index (Phi) is 3.17. The van der Waals surface area contributed by atoms with Crippen molar-refractivity contribution in [3.8, 4) is 0 Å². The third kappa shape index (κ3) is 1.99. The molecule has 0 spiro atoms. The highest BCUT2D eigenvalue weighted by molar-refractivity contribution is 5.05. The predicted molar refractivity (Wildman–Crippen MR) is 79.7 cm³/mol. The van der Waals surface area contributed by atoms with Gasteiger partial charge in [0.05, 0.1) is 0 Å². The molecule has 19 heavy (non-hydrogen) atoms. The summed E-state index contributed by atoms with van der Waals surface area (Å²) >= 11 is 0. The van der Waals surface area contributed by atoms with Crippen molar-refractivity contribution in [2.45, 2.75) is 70.6 Å². The van der Waals surface area contributed by atoms with E-state index in [9.17, 15) is 0 Å². The van der Waals surface area contributed by atoms with Gasteiger partial charge in [0.15, 0.2) is 0 Å². The molecule has 5 fully saturated rings. The average molecular weight is 261 g/mol. The van der Waals surface area contributed by atoms with Crippen molar-refractivity contribution in [1.29, 1.82) is 0 Å². The summed E-state index contributed by atoms with van der Waals surface area (Å²) in [4.78, 5) is 0. The van der Waals surface area contributed by atoms with Crippen LogP contribution in [-0.4, -0.2) is 6.54 Å². The van der Waals surface area contributed by atoms with Crippen molar-refractivity contribution in [3.63, 3.8) is 0 Å². The predicted octanol–water partition coefficient (Wildman–Crippen LogP) is 4.36. The number of hydrogen-bond acceptors (Lipinski definition) is 1. The van der Waals surface area contributed by atoms with Crippen LogP contribution in [0.25, 0.3) is 0 Å². The molecule has 0 atom stereocenters. The Morgan fingerprint density at radius 1 is 0.789 bits per heavy atom. The molecule has 5 saturated carbocycles. The highest BCUT2D eigenvalue weighted by Crippen LogP contribution is 2.64. The molecule has 1 heteroatoms. The molecule has 0 aromatic carbocycles. The third-order valence-electron chi connectivity index (χ3n) is 7.43. The van der Waals surface area contributed by atoms with Crippen molar-refractivity contribution in [3.05, 3.63) is 0 Å². The van der Waals surface area contributed by atoms with E-state index in [1.807, 2.05) is 0 Å². The smallest absolute Gasteiger partial charge is 0.00719 e. The molecule has 0 radical (unpaired) electrons. The number of rotatable bonds is 3. The molecule has 0 aromatic rings. The van der Waals surface area contributed by atoms with E-state index in [1.165, 1.54) is 38.5 Å². The van der Waals surface area contributed by atoms with Crippen LogP contribution in [0.4, 0.5) is 0 Å². The van der Waals surface area contributed by atoms with Gasteiger partial charge in [-0.05, 0) is 92.9 Å². The maximum Gasteiger partial charge on any atom is -0.00719 e. The molecule has 0 aromatic heterocycles. The average Bonchev–Trinajstić information content (AvgIpc) is 2.38. The third-order valence-corrected chi connectivity index (χ3v) is 7.43. The summed E-state index contributed by atoms with van der Waals surface area (Å²) in [5.41, 5.74) is 6.71. The molecule has 2 N–H and O–H groups in total. The number of nitrogens with two attached hydrogens (primary N) is 1. The highest BCUT2D eigenvalue weighted by Gasteiger charge is 2.55. The van der Waals surface area contributed by atoms with E-state index < -0.39 is 0 Å². The molecule has 0 saturated heterocycles. The fraction of sp³-hybridized carbons (Fsp3) is 1.00. The summed E-state index contributed by atoms with van der Waals surface area (Å²) in [7, 11) is 0. The standard InChI is InChI=1S/C18H31N/c19-7-6-18(4-2-1-3-5-18)17-15-9-13-8-14(11-15)12-16(17)10-13/h13-17H,1-12,19H2. The Bertz CT molecular complexity index is 295. The summed E-state index contributed by atoms with van der Waals surface area (Å²) in [5, 5.41) is 0. The van der Waals surface area contributed by atoms with E-state index in [0.29, 0.717) is 5.41 Å². The normalized spacial score (nSPS) is 47.5. The van der Waals surface area contributed by atoms with Gasteiger partial charge >= 0.3 is 0 Å². The second-order valence-corrected chi connectivity index (χ2v) is 8.42. The molecule has 0 heterocycles. The van der Waals surface area contributed by atoms with Crippen molar-refractivity contribution in [1.82, 2.24) is 0 Å². The van der Waals surface area contributed by atoms with Crippen LogP contribution in [0.5, 0.6) is 0 Å². The van der Waals surface area contributed by atoms with Crippen molar-refractivity contribution < 1.29 is 0 Å². The lowest BCUT2D eigenvalue weighted by Gasteiger charge is -2.61. The summed E-state index contributed by atoms with van der Waals surface area (Å²) < 4.78 is 0. The minimum Gasteiger partial charge on any atom is -0.330 e. The largest absolute Gasteiger partial charge is 0.330 e. The Balaban J connectivity index is 1.62. The second-order valence-electron chi connectivity index (χ2n) is 8.42. The summed E-state index contributed by atoms with van der Waals surface area (Å²) in [5.74, 6) is 5.51. The SMILES string of the molecule is NCCC1(C2C3CC4CC(C3)CC2C4)CCCCC1. The zero-order valence-electron chi connectivity index (χ0n) is 12.4. The van der Waals surface area contributed by atoms with Crippen LogP contribution in [-0.2, 0) is 0 Å². The molecule has 108 valence electrons. The van der Waals surface area contributed by atoms with Gasteiger partial charge in [0, 0.05) is 0 Å². The molecule has 5 rings (SSSR count). The molecule has 5 aliphatic rings. The van der Waals surface area contributed by atoms with Crippen LogP contribution in [0.3, 0.4) is 0 Å². The van der Waals surface area contributed by atoms with Gasteiger partial charge < -0.3 is 5.73 Å². The van der Waals surface area contributed by atoms with E-state index >= 15 is 0 Å². The molecule has 0 unspecified atom stereocenters. The maximum absolute atomic E-state index is 6.04. The van der Waals surface area contributed by atoms with E-state index in [4.69, 9.17) is 5.73 Å². The van der Waals surface area contributed by atoms with Crippen LogP contribution >= 0.6 is 0 Å². The van der Waals surface area contributed by atoms with E-state index in [-0.39, 0.29) is 0 Å². The zero-order chi connectivity index (χ0) is 12.9. The fourth-order valence-electron chi connectivity index (χ4n) is 7.22. The first-order valence-corrected chi connectivity index (χ1v) is 9.01. The lowest BCUT2D eigenvalue weighted by atomic mass is 9.44. The fourth-order valence-corrected chi connectivity index (χ4v) is 7.22. The molecule has 5 aliphatic carbocycles. The Labute approximate surface area is 118 Å². The molecule has 1 nitrogen and oxygen atoms in total. The highest BCUT2D eigenvalue weighted by atomic mass is 14.6. The van der Waals surface area contributed by atoms with Gasteiger partial charge in [0.1, 0.15) is 0 Å². The van der Waals surface area contributed by atoms with Gasteiger partial charge in [-0.25, -0.2) is 0 Å². The molecule has 0 amide bonds. The maximum atomic E-state index is 6.04. The topological polar surface area (TPSA) is 26.0 Å². The first-order valence-electron chi connectivity index (χ1n) is 9.01. The zero-order valence-corrected chi connectivity index (χ0v) is 12.4. The summed E-state index contributed by atoms with van der Waals surface area (Å²) in [6.07, 6.45) is 16.8. The quantitative estimate of drug-likeness (QED) is 0.802. The van der Waals surface area contributed by atoms with Gasteiger partial charge in [-0.2, -0.15) is 0 Å². The lowest BCUT2D eigenvalue weighted by Crippen LogP contribution is -2.52. The first-order chi connectivity index (χ1) is 9.31. The van der Waals surface area contributed by atoms with Gasteiger partial charge in [-0.3, -0.25) is 0 Å². The molecular formula is C18H31N. The van der Waals surface area contributed by atoms with Crippen LogP contribution < -0.4 is 5.73 Å². The van der Waals surface area contributed by atoms with E-state index in [1.54, 1.807) is 32.1 Å². The van der Waals surface area contributed by atoms with Gasteiger partial charge in [-0.1, -0.05) is 19.3 Å². The monoisotopic (exact) mass is 261 g/mol. The molecular weight excluding hydrogens is 230 g/mol. The van der Waals surface area contributed by atoms with Crippen LogP contribution in [0, 0.1) is 35.0 Å². The molecule has 4 bridgehead atoms. The van der Waals surface area contributed by atoms with Gasteiger partial charge in [-0.15, -0.1) is 0 Å². The van der Waals surface area contributed by atoms with Crippen LogP contribution in [0.2, 0.25) is 0 Å². The minimum atomic E-state index is 0.676. The van der Waals surface area contributed by atoms with Gasteiger partial charge in [0.2, 0.25) is 0 Å². The van der Waals surface area contributed by atoms with Gasteiger partial charge in [0.25, 0.3) is 0 Å². The number of hydrogen-bond donors (Lipinski definition) is 1. The van der Waals surface area contributed by atoms with Crippen molar-refractivity contribution >= 4 is 0 Å². The second kappa shape index (κ2) is 4.76. The molecule has 0 aliphatic heterocycles. The summed E-state index contributed by atoms with van der Waals surface area (Å²) in [6, 6.07) is 0. The lowest BCUT2D eigenvalue weighted by molar-refractivity contribution is -0.111. The van der Waals surface area contributed by atoms with E-state index in [0.717, 1.165) is 36.1 Å².